The Balaban J connectivity index is 1.79. The van der Waals surface area contributed by atoms with Gasteiger partial charge in [-0.15, -0.1) is 0 Å². The molecule has 1 aromatic rings. The molecule has 0 aliphatic carbocycles. The van der Waals surface area contributed by atoms with Crippen LogP contribution in [0, 0.1) is 5.92 Å². The fraction of sp³-hybridized carbons (Fsp3) is 0.526. The maximum absolute atomic E-state index is 12.5. The van der Waals surface area contributed by atoms with E-state index in [0.717, 1.165) is 12.0 Å². The van der Waals surface area contributed by atoms with Gasteiger partial charge in [0.2, 0.25) is 7.37 Å². The molecule has 0 N–H and O–H groups in total. The number of rotatable bonds is 9. The van der Waals surface area contributed by atoms with Gasteiger partial charge in [-0.05, 0) is 17.9 Å². The van der Waals surface area contributed by atoms with Crippen LogP contribution in [0.3, 0.4) is 0 Å². The molecule has 0 bridgehead atoms. The lowest BCUT2D eigenvalue weighted by Crippen LogP contribution is -2.29. The Morgan fingerprint density at radius 1 is 1.31 bits per heavy atom. The van der Waals surface area contributed by atoms with E-state index >= 15 is 0 Å². The second kappa shape index (κ2) is 9.79. The van der Waals surface area contributed by atoms with Crippen LogP contribution in [0.1, 0.15) is 32.3 Å². The van der Waals surface area contributed by atoms with Crippen LogP contribution in [0.2, 0.25) is 0 Å². The molecule has 0 saturated heterocycles. The lowest BCUT2D eigenvalue weighted by atomic mass is 10.2. The highest BCUT2D eigenvalue weighted by molar-refractivity contribution is 7.58. The van der Waals surface area contributed by atoms with Gasteiger partial charge in [0.1, 0.15) is 12.9 Å². The summed E-state index contributed by atoms with van der Waals surface area (Å²) in [5, 5.41) is 0. The number of nitrogens with zero attached hydrogens (tertiary/aromatic N) is 1. The quantitative estimate of drug-likeness (QED) is 0.574. The predicted octanol–water partition coefficient (Wildman–Crippen LogP) is 4.82. The Hall–Kier alpha value is -1.78. The molecule has 1 aliphatic heterocycles. The summed E-state index contributed by atoms with van der Waals surface area (Å²) in [5.74, 6) is 0.510. The van der Waals surface area contributed by atoms with Gasteiger partial charge < -0.3 is 14.0 Å². The lowest BCUT2D eigenvalue weighted by Gasteiger charge is -2.19. The Kier molecular flexibility index (Phi) is 7.73. The third kappa shape index (κ3) is 6.85. The van der Waals surface area contributed by atoms with Gasteiger partial charge in [0.15, 0.2) is 6.73 Å². The minimum Gasteiger partial charge on any atom is -0.478 e. The van der Waals surface area contributed by atoms with E-state index < -0.39 is 13.5 Å². The number of hydrogen-bond donors (Lipinski definition) is 0. The van der Waals surface area contributed by atoms with E-state index in [1.807, 2.05) is 30.3 Å². The van der Waals surface area contributed by atoms with Crippen LogP contribution in [0.25, 0.3) is 0 Å². The fourth-order valence-electron chi connectivity index (χ4n) is 2.38. The van der Waals surface area contributed by atoms with Crippen molar-refractivity contribution < 1.29 is 23.4 Å². The normalized spacial score (nSPS) is 16.2. The summed E-state index contributed by atoms with van der Waals surface area (Å²) in [6.45, 7) is 6.65. The fourth-order valence-corrected chi connectivity index (χ4v) is 3.64. The SMILES string of the molecule is CC(C)CCOP(C)(=O)CCC1=COCN1C(=O)OCc1ccccc1. The monoisotopic (exact) mass is 381 g/mol. The maximum Gasteiger partial charge on any atom is 0.417 e. The van der Waals surface area contributed by atoms with Crippen LogP contribution in [-0.4, -0.2) is 37.2 Å². The molecule has 26 heavy (non-hydrogen) atoms. The van der Waals surface area contributed by atoms with Crippen molar-refractivity contribution in [1.29, 1.82) is 0 Å². The van der Waals surface area contributed by atoms with Crippen LogP contribution >= 0.6 is 7.37 Å². The van der Waals surface area contributed by atoms with Crippen molar-refractivity contribution in [1.82, 2.24) is 4.90 Å². The highest BCUT2D eigenvalue weighted by Gasteiger charge is 2.27. The first-order valence-corrected chi connectivity index (χ1v) is 11.1. The summed E-state index contributed by atoms with van der Waals surface area (Å²) < 4.78 is 28.7. The summed E-state index contributed by atoms with van der Waals surface area (Å²) >= 11 is 0. The van der Waals surface area contributed by atoms with E-state index in [9.17, 15) is 9.36 Å². The van der Waals surface area contributed by atoms with Crippen molar-refractivity contribution >= 4 is 13.5 Å². The van der Waals surface area contributed by atoms with E-state index in [4.69, 9.17) is 14.0 Å². The van der Waals surface area contributed by atoms with Gasteiger partial charge >= 0.3 is 6.09 Å². The van der Waals surface area contributed by atoms with Crippen molar-refractivity contribution in [3.8, 4) is 0 Å². The molecule has 6 nitrogen and oxygen atoms in total. The topological polar surface area (TPSA) is 65.1 Å². The van der Waals surface area contributed by atoms with Crippen molar-refractivity contribution in [3.63, 3.8) is 0 Å². The second-order valence-electron chi connectivity index (χ2n) is 6.88. The van der Waals surface area contributed by atoms with Crippen LogP contribution < -0.4 is 0 Å². The van der Waals surface area contributed by atoms with Crippen molar-refractivity contribution in [3.05, 3.63) is 47.9 Å². The summed E-state index contributed by atoms with van der Waals surface area (Å²) in [4.78, 5) is 13.7. The molecule has 0 radical (unpaired) electrons. The molecule has 1 aliphatic rings. The predicted molar refractivity (Wildman–Crippen MR) is 101 cm³/mol. The van der Waals surface area contributed by atoms with E-state index in [1.165, 1.54) is 11.2 Å². The average Bonchev–Trinajstić information content (AvgIpc) is 3.07. The number of ether oxygens (including phenoxy) is 2. The molecule has 0 fully saturated rings. The van der Waals surface area contributed by atoms with Gasteiger partial charge in [0, 0.05) is 19.2 Å². The second-order valence-corrected chi connectivity index (χ2v) is 9.61. The smallest absolute Gasteiger partial charge is 0.417 e. The summed E-state index contributed by atoms with van der Waals surface area (Å²) in [5.41, 5.74) is 1.58. The van der Waals surface area contributed by atoms with Gasteiger partial charge in [0.25, 0.3) is 0 Å². The van der Waals surface area contributed by atoms with Crippen LogP contribution in [0.4, 0.5) is 4.79 Å². The first-order chi connectivity index (χ1) is 12.4. The number of hydrogen-bond acceptors (Lipinski definition) is 5. The first-order valence-electron chi connectivity index (χ1n) is 8.87. The van der Waals surface area contributed by atoms with Crippen LogP contribution in [0.5, 0.6) is 0 Å². The number of carbonyl (C=O) groups excluding carboxylic acids is 1. The standard InChI is InChI=1S/C19H28NO5P/c1-16(2)9-11-25-26(3,22)12-10-18-14-23-15-20(18)19(21)24-13-17-7-5-4-6-8-17/h4-8,14,16H,9-13,15H2,1-3H3. The molecule has 1 unspecified atom stereocenters. The largest absolute Gasteiger partial charge is 0.478 e. The van der Waals surface area contributed by atoms with Crippen LogP contribution in [-0.2, 0) is 25.2 Å². The number of amides is 1. The Labute approximate surface area is 155 Å². The van der Waals surface area contributed by atoms with Crippen molar-refractivity contribution in [2.24, 2.45) is 5.92 Å². The van der Waals surface area contributed by atoms with Gasteiger partial charge in [-0.2, -0.15) is 0 Å². The molecular formula is C19H28NO5P. The maximum atomic E-state index is 12.5. The number of benzene rings is 1. The van der Waals surface area contributed by atoms with Gasteiger partial charge in [-0.3, -0.25) is 4.57 Å². The third-order valence-corrected chi connectivity index (χ3v) is 5.79. The average molecular weight is 381 g/mol. The molecule has 0 spiro atoms. The molecule has 0 saturated carbocycles. The molecule has 1 atom stereocenters. The zero-order valence-corrected chi connectivity index (χ0v) is 16.6. The zero-order valence-electron chi connectivity index (χ0n) is 15.7. The Bertz CT molecular complexity index is 659. The van der Waals surface area contributed by atoms with Gasteiger partial charge in [-0.25, -0.2) is 9.69 Å². The molecule has 1 aromatic carbocycles. The minimum atomic E-state index is -2.70. The molecular weight excluding hydrogens is 353 g/mol. The lowest BCUT2D eigenvalue weighted by molar-refractivity contribution is 0.0850. The van der Waals surface area contributed by atoms with Crippen LogP contribution in [0.15, 0.2) is 42.3 Å². The zero-order chi connectivity index (χ0) is 19.0. The Morgan fingerprint density at radius 3 is 2.73 bits per heavy atom. The highest BCUT2D eigenvalue weighted by Crippen LogP contribution is 2.44. The molecule has 0 aromatic heterocycles. The molecule has 7 heteroatoms. The molecule has 1 heterocycles. The van der Waals surface area contributed by atoms with E-state index in [2.05, 4.69) is 13.8 Å². The minimum absolute atomic E-state index is 0.116. The van der Waals surface area contributed by atoms with Crippen molar-refractivity contribution in [2.45, 2.75) is 33.3 Å². The van der Waals surface area contributed by atoms with Gasteiger partial charge in [0.05, 0.1) is 12.3 Å². The van der Waals surface area contributed by atoms with E-state index in [0.29, 0.717) is 30.8 Å². The van der Waals surface area contributed by atoms with Crippen molar-refractivity contribution in [2.75, 3.05) is 26.2 Å². The molecule has 1 amide bonds. The van der Waals surface area contributed by atoms with E-state index in [1.54, 1.807) is 6.66 Å². The first kappa shape index (κ1) is 20.5. The number of carbonyl (C=O) groups is 1. The third-order valence-electron chi connectivity index (χ3n) is 4.03. The molecule has 2 rings (SSSR count). The summed E-state index contributed by atoms with van der Waals surface area (Å²) in [7, 11) is -2.70. The Morgan fingerprint density at radius 2 is 2.04 bits per heavy atom. The van der Waals surface area contributed by atoms with Gasteiger partial charge in [-0.1, -0.05) is 44.2 Å². The molecule has 144 valence electrons. The summed E-state index contributed by atoms with van der Waals surface area (Å²) in [6.07, 6.45) is 2.74. The van der Waals surface area contributed by atoms with E-state index in [-0.39, 0.29) is 13.3 Å². The highest BCUT2D eigenvalue weighted by atomic mass is 31.2. The summed E-state index contributed by atoms with van der Waals surface area (Å²) in [6, 6.07) is 9.49. The number of allylic oxidation sites excluding steroid dienone is 1.